The molecule has 1 aliphatic heterocycles. The van der Waals surface area contributed by atoms with Crippen LogP contribution in [0.1, 0.15) is 33.7 Å². The van der Waals surface area contributed by atoms with Crippen molar-refractivity contribution >= 4 is 23.2 Å². The Labute approximate surface area is 146 Å². The van der Waals surface area contributed by atoms with Crippen molar-refractivity contribution in [3.05, 3.63) is 15.6 Å². The van der Waals surface area contributed by atoms with E-state index in [1.54, 1.807) is 16.8 Å². The summed E-state index contributed by atoms with van der Waals surface area (Å²) < 4.78 is 5.68. The minimum absolute atomic E-state index is 0.00143. The Morgan fingerprint density at radius 1 is 1.50 bits per heavy atom. The number of aryl methyl sites for hydroxylation is 2. The van der Waals surface area contributed by atoms with E-state index >= 15 is 0 Å². The van der Waals surface area contributed by atoms with Crippen molar-refractivity contribution in [3.8, 4) is 0 Å². The number of ether oxygens (including phenoxy) is 1. The molecule has 24 heavy (non-hydrogen) atoms. The van der Waals surface area contributed by atoms with Gasteiger partial charge in [0.1, 0.15) is 4.88 Å². The van der Waals surface area contributed by atoms with E-state index in [2.05, 4.69) is 11.9 Å². The van der Waals surface area contributed by atoms with E-state index in [0.29, 0.717) is 31.1 Å². The number of rotatable bonds is 7. The number of carboxylic acid groups (broad SMARTS) is 1. The first kappa shape index (κ1) is 18.8. The first-order chi connectivity index (χ1) is 11.4. The highest BCUT2D eigenvalue weighted by atomic mass is 32.1. The van der Waals surface area contributed by atoms with Crippen LogP contribution in [0.3, 0.4) is 0 Å². The molecule has 1 saturated heterocycles. The van der Waals surface area contributed by atoms with E-state index in [0.717, 1.165) is 23.5 Å². The summed E-state index contributed by atoms with van der Waals surface area (Å²) in [6.07, 6.45) is 1.73. The topological polar surface area (TPSA) is 83.0 Å². The van der Waals surface area contributed by atoms with E-state index in [9.17, 15) is 9.59 Å². The van der Waals surface area contributed by atoms with Gasteiger partial charge in [0.15, 0.2) is 0 Å². The van der Waals surface area contributed by atoms with E-state index < -0.39 is 5.97 Å². The highest BCUT2D eigenvalue weighted by Gasteiger charge is 2.28. The molecule has 1 unspecified atom stereocenters. The zero-order valence-electron chi connectivity index (χ0n) is 14.4. The third-order valence-electron chi connectivity index (χ3n) is 3.85. The van der Waals surface area contributed by atoms with Crippen LogP contribution in [0.5, 0.6) is 0 Å². The molecule has 0 radical (unpaired) electrons. The van der Waals surface area contributed by atoms with Crippen LogP contribution in [-0.4, -0.2) is 77.7 Å². The van der Waals surface area contributed by atoms with Crippen LogP contribution in [0.25, 0.3) is 0 Å². The van der Waals surface area contributed by atoms with E-state index in [1.807, 2.05) is 6.92 Å². The van der Waals surface area contributed by atoms with E-state index in [4.69, 9.17) is 9.84 Å². The number of likely N-dealkylation sites (N-methyl/N-ethyl adjacent to an activating group) is 1. The molecule has 1 amide bonds. The summed E-state index contributed by atoms with van der Waals surface area (Å²) in [5, 5.41) is 9.83. The number of aromatic nitrogens is 1. The Morgan fingerprint density at radius 2 is 2.25 bits per heavy atom. The molecule has 1 atom stereocenters. The van der Waals surface area contributed by atoms with Gasteiger partial charge < -0.3 is 14.7 Å². The highest BCUT2D eigenvalue weighted by Crippen LogP contribution is 2.22. The molecule has 7 nitrogen and oxygen atoms in total. The quantitative estimate of drug-likeness (QED) is 0.793. The van der Waals surface area contributed by atoms with Gasteiger partial charge >= 0.3 is 5.97 Å². The van der Waals surface area contributed by atoms with Gasteiger partial charge in [0.25, 0.3) is 5.91 Å². The predicted octanol–water partition coefficient (Wildman–Crippen LogP) is 1.26. The van der Waals surface area contributed by atoms with Crippen LogP contribution in [0, 0.1) is 6.92 Å². The summed E-state index contributed by atoms with van der Waals surface area (Å²) in [7, 11) is 1.74. The van der Waals surface area contributed by atoms with Gasteiger partial charge in [-0.15, -0.1) is 11.3 Å². The highest BCUT2D eigenvalue weighted by molar-refractivity contribution is 7.13. The van der Waals surface area contributed by atoms with Crippen LogP contribution in [0.4, 0.5) is 0 Å². The van der Waals surface area contributed by atoms with Gasteiger partial charge in [0.2, 0.25) is 0 Å². The molecule has 8 heteroatoms. The zero-order chi connectivity index (χ0) is 17.7. The van der Waals surface area contributed by atoms with Gasteiger partial charge in [0, 0.05) is 19.6 Å². The molecule has 0 spiro atoms. The van der Waals surface area contributed by atoms with Crippen molar-refractivity contribution in [3.63, 3.8) is 0 Å². The summed E-state index contributed by atoms with van der Waals surface area (Å²) in [5.74, 6) is -0.869. The normalized spacial score (nSPS) is 18.2. The molecular formula is C16H25N3O4S. The number of thiazole rings is 1. The Hall–Kier alpha value is -1.51. The second-order valence-corrected chi connectivity index (χ2v) is 7.19. The van der Waals surface area contributed by atoms with Gasteiger partial charge in [0.05, 0.1) is 30.0 Å². The Balaban J connectivity index is 1.98. The zero-order valence-corrected chi connectivity index (χ0v) is 15.3. The molecule has 134 valence electrons. The number of amides is 1. The van der Waals surface area contributed by atoms with Crippen LogP contribution in [0.15, 0.2) is 0 Å². The summed E-state index contributed by atoms with van der Waals surface area (Å²) in [6.45, 7) is 5.92. The van der Waals surface area contributed by atoms with Crippen LogP contribution < -0.4 is 0 Å². The lowest BCUT2D eigenvalue weighted by molar-refractivity contribution is -0.138. The van der Waals surface area contributed by atoms with Crippen molar-refractivity contribution in [1.82, 2.24) is 14.8 Å². The number of hydrogen-bond acceptors (Lipinski definition) is 6. The number of nitrogens with zero attached hydrogens (tertiary/aromatic N) is 3. The van der Waals surface area contributed by atoms with Crippen LogP contribution in [0.2, 0.25) is 0 Å². The summed E-state index contributed by atoms with van der Waals surface area (Å²) in [4.78, 5) is 32.2. The molecule has 1 aromatic rings. The lowest BCUT2D eigenvalue weighted by Crippen LogP contribution is -2.49. The monoisotopic (exact) mass is 355 g/mol. The largest absolute Gasteiger partial charge is 0.480 e. The van der Waals surface area contributed by atoms with Gasteiger partial charge in [-0.25, -0.2) is 4.98 Å². The van der Waals surface area contributed by atoms with E-state index in [-0.39, 0.29) is 18.6 Å². The van der Waals surface area contributed by atoms with Gasteiger partial charge in [-0.1, -0.05) is 6.92 Å². The van der Waals surface area contributed by atoms with Gasteiger partial charge in [-0.05, 0) is 26.8 Å². The molecular weight excluding hydrogens is 330 g/mol. The molecule has 0 aliphatic carbocycles. The predicted molar refractivity (Wildman–Crippen MR) is 91.6 cm³/mol. The lowest BCUT2D eigenvalue weighted by Gasteiger charge is -2.34. The molecule has 1 aliphatic rings. The molecule has 2 heterocycles. The van der Waals surface area contributed by atoms with Crippen molar-refractivity contribution in [1.29, 1.82) is 0 Å². The fraction of sp³-hybridized carbons (Fsp3) is 0.688. The average molecular weight is 355 g/mol. The third kappa shape index (κ3) is 4.99. The molecule has 0 aromatic carbocycles. The van der Waals surface area contributed by atoms with Crippen molar-refractivity contribution in [2.75, 3.05) is 39.8 Å². The standard InChI is InChI=1S/C16H25N3O4S/c1-4-5-13-17-11(2)15(24-13)16(22)19-6-7-23-12(9-19)8-18(3)10-14(20)21/h12H,4-10H2,1-3H3,(H,20,21). The second kappa shape index (κ2) is 8.55. The van der Waals surface area contributed by atoms with Crippen LogP contribution in [-0.2, 0) is 16.0 Å². The first-order valence-electron chi connectivity index (χ1n) is 8.18. The number of carbonyl (C=O) groups excluding carboxylic acids is 1. The number of hydrogen-bond donors (Lipinski definition) is 1. The molecule has 2 rings (SSSR count). The average Bonchev–Trinajstić information content (AvgIpc) is 2.87. The molecule has 1 N–H and O–H groups in total. The lowest BCUT2D eigenvalue weighted by atomic mass is 10.2. The maximum absolute atomic E-state index is 12.8. The Morgan fingerprint density at radius 3 is 2.92 bits per heavy atom. The van der Waals surface area contributed by atoms with Crippen molar-refractivity contribution in [2.45, 2.75) is 32.8 Å². The maximum atomic E-state index is 12.8. The van der Waals surface area contributed by atoms with E-state index in [1.165, 1.54) is 11.3 Å². The third-order valence-corrected chi connectivity index (χ3v) is 5.05. The summed E-state index contributed by atoms with van der Waals surface area (Å²) >= 11 is 1.48. The van der Waals surface area contributed by atoms with Crippen LogP contribution >= 0.6 is 11.3 Å². The fourth-order valence-electron chi connectivity index (χ4n) is 2.77. The maximum Gasteiger partial charge on any atom is 0.317 e. The number of morpholine rings is 1. The Kier molecular flexibility index (Phi) is 6.70. The second-order valence-electron chi connectivity index (χ2n) is 6.11. The van der Waals surface area contributed by atoms with Gasteiger partial charge in [-0.3, -0.25) is 14.5 Å². The summed E-state index contributed by atoms with van der Waals surface area (Å²) in [5.41, 5.74) is 0.791. The Bertz CT molecular complexity index is 590. The SMILES string of the molecule is CCCc1nc(C)c(C(=O)N2CCOC(CN(C)CC(=O)O)C2)s1. The molecule has 1 aromatic heterocycles. The van der Waals surface area contributed by atoms with Gasteiger partial charge in [-0.2, -0.15) is 0 Å². The summed E-state index contributed by atoms with van der Waals surface area (Å²) in [6, 6.07) is 0. The van der Waals surface area contributed by atoms with Crippen molar-refractivity contribution in [2.24, 2.45) is 0 Å². The molecule has 0 saturated carbocycles. The fourth-order valence-corrected chi connectivity index (χ4v) is 3.91. The number of carboxylic acids is 1. The minimum atomic E-state index is -0.870. The number of aliphatic carboxylic acids is 1. The smallest absolute Gasteiger partial charge is 0.317 e. The molecule has 0 bridgehead atoms. The van der Waals surface area contributed by atoms with Crippen molar-refractivity contribution < 1.29 is 19.4 Å². The number of carbonyl (C=O) groups is 2. The molecule has 1 fully saturated rings. The first-order valence-corrected chi connectivity index (χ1v) is 8.99. The minimum Gasteiger partial charge on any atom is -0.480 e.